The Labute approximate surface area is 179 Å². The van der Waals surface area contributed by atoms with Gasteiger partial charge < -0.3 is 15.4 Å². The Morgan fingerprint density at radius 3 is 2.28 bits per heavy atom. The SMILES string of the molecule is O=C(COC(=O)CCNC(=O)C12CC3CC(CC(C3)C1)C2)Nc1ccccc1Br. The summed E-state index contributed by atoms with van der Waals surface area (Å²) in [5.74, 6) is 1.34. The van der Waals surface area contributed by atoms with Crippen LogP contribution in [0.1, 0.15) is 44.9 Å². The number of halogens is 1. The monoisotopic (exact) mass is 462 g/mol. The average Bonchev–Trinajstić information content (AvgIpc) is 2.67. The third-order valence-corrected chi connectivity index (χ3v) is 7.34. The maximum absolute atomic E-state index is 12.8. The third-order valence-electron chi connectivity index (χ3n) is 6.65. The fourth-order valence-corrected chi connectivity index (χ4v) is 6.21. The zero-order valence-electron chi connectivity index (χ0n) is 16.4. The maximum atomic E-state index is 12.8. The minimum Gasteiger partial charge on any atom is -0.456 e. The Morgan fingerprint density at radius 2 is 1.66 bits per heavy atom. The summed E-state index contributed by atoms with van der Waals surface area (Å²) < 4.78 is 5.79. The van der Waals surface area contributed by atoms with Gasteiger partial charge in [0.2, 0.25) is 5.91 Å². The summed E-state index contributed by atoms with van der Waals surface area (Å²) >= 11 is 3.35. The molecule has 0 aromatic heterocycles. The molecule has 0 heterocycles. The fraction of sp³-hybridized carbons (Fsp3) is 0.591. The molecule has 4 aliphatic carbocycles. The van der Waals surface area contributed by atoms with Crippen LogP contribution in [0.3, 0.4) is 0 Å². The van der Waals surface area contributed by atoms with Crippen molar-refractivity contribution in [1.29, 1.82) is 0 Å². The lowest BCUT2D eigenvalue weighted by Crippen LogP contribution is -2.53. The molecule has 2 N–H and O–H groups in total. The zero-order valence-corrected chi connectivity index (χ0v) is 18.0. The topological polar surface area (TPSA) is 84.5 Å². The van der Waals surface area contributed by atoms with Crippen LogP contribution in [0, 0.1) is 23.2 Å². The molecular formula is C22H27BrN2O4. The van der Waals surface area contributed by atoms with E-state index < -0.39 is 11.9 Å². The molecule has 5 rings (SSSR count). The number of hydrogen-bond acceptors (Lipinski definition) is 4. The summed E-state index contributed by atoms with van der Waals surface area (Å²) in [6, 6.07) is 7.22. The van der Waals surface area contributed by atoms with E-state index in [2.05, 4.69) is 26.6 Å². The summed E-state index contributed by atoms with van der Waals surface area (Å²) in [5, 5.41) is 5.64. The fourth-order valence-electron chi connectivity index (χ4n) is 5.82. The molecule has 0 unspecified atom stereocenters. The van der Waals surface area contributed by atoms with Crippen molar-refractivity contribution in [2.75, 3.05) is 18.5 Å². The molecule has 1 aromatic carbocycles. The van der Waals surface area contributed by atoms with Gasteiger partial charge in [-0.3, -0.25) is 14.4 Å². The van der Waals surface area contributed by atoms with Gasteiger partial charge in [-0.15, -0.1) is 0 Å². The predicted octanol–water partition coefficient (Wildman–Crippen LogP) is 3.65. The van der Waals surface area contributed by atoms with Crippen molar-refractivity contribution in [2.45, 2.75) is 44.9 Å². The molecular weight excluding hydrogens is 436 g/mol. The number of rotatable bonds is 7. The van der Waals surface area contributed by atoms with E-state index in [1.54, 1.807) is 12.1 Å². The first kappa shape index (κ1) is 20.4. The smallest absolute Gasteiger partial charge is 0.308 e. The largest absolute Gasteiger partial charge is 0.456 e. The van der Waals surface area contributed by atoms with Crippen molar-refractivity contribution in [3.63, 3.8) is 0 Å². The molecule has 1 aromatic rings. The first-order valence-corrected chi connectivity index (χ1v) is 11.2. The Balaban J connectivity index is 1.17. The lowest BCUT2D eigenvalue weighted by atomic mass is 9.49. The number of amides is 2. The van der Waals surface area contributed by atoms with Crippen LogP contribution in [-0.2, 0) is 19.1 Å². The quantitative estimate of drug-likeness (QED) is 0.605. The Morgan fingerprint density at radius 1 is 1.03 bits per heavy atom. The number of benzene rings is 1. The van der Waals surface area contributed by atoms with Gasteiger partial charge >= 0.3 is 5.97 Å². The molecule has 0 saturated heterocycles. The second kappa shape index (κ2) is 8.46. The van der Waals surface area contributed by atoms with Gasteiger partial charge in [0.25, 0.3) is 5.91 Å². The molecule has 6 nitrogen and oxygen atoms in total. The normalized spacial score (nSPS) is 29.3. The molecule has 7 heteroatoms. The Hall–Kier alpha value is -1.89. The number of hydrogen-bond donors (Lipinski definition) is 2. The molecule has 4 fully saturated rings. The van der Waals surface area contributed by atoms with Gasteiger partial charge in [0, 0.05) is 16.4 Å². The highest BCUT2D eigenvalue weighted by Gasteiger charge is 2.54. The number of esters is 1. The van der Waals surface area contributed by atoms with Crippen LogP contribution in [0.15, 0.2) is 28.7 Å². The van der Waals surface area contributed by atoms with Gasteiger partial charge in [-0.25, -0.2) is 0 Å². The number of carbonyl (C=O) groups is 3. The molecule has 29 heavy (non-hydrogen) atoms. The minimum atomic E-state index is -0.488. The van der Waals surface area contributed by atoms with Crippen molar-refractivity contribution < 1.29 is 19.1 Å². The van der Waals surface area contributed by atoms with Crippen LogP contribution in [0.25, 0.3) is 0 Å². The number of ether oxygens (including phenoxy) is 1. The molecule has 4 aliphatic rings. The van der Waals surface area contributed by atoms with Crippen molar-refractivity contribution in [3.8, 4) is 0 Å². The first-order valence-electron chi connectivity index (χ1n) is 10.4. The van der Waals surface area contributed by atoms with Crippen LogP contribution in [0.5, 0.6) is 0 Å². The molecule has 4 saturated carbocycles. The maximum Gasteiger partial charge on any atom is 0.308 e. The molecule has 0 aliphatic heterocycles. The average molecular weight is 463 g/mol. The van der Waals surface area contributed by atoms with Gasteiger partial charge in [0.1, 0.15) is 0 Å². The second-order valence-corrected chi connectivity index (χ2v) is 9.75. The Bertz CT molecular complexity index is 774. The number of para-hydroxylation sites is 1. The third kappa shape index (κ3) is 4.65. The minimum absolute atomic E-state index is 0.0699. The van der Waals surface area contributed by atoms with E-state index in [-0.39, 0.29) is 30.9 Å². The van der Waals surface area contributed by atoms with Crippen molar-refractivity contribution in [1.82, 2.24) is 5.32 Å². The summed E-state index contributed by atoms with van der Waals surface area (Å²) in [6.45, 7) is -0.0889. The lowest BCUT2D eigenvalue weighted by Gasteiger charge is -2.55. The van der Waals surface area contributed by atoms with E-state index >= 15 is 0 Å². The summed E-state index contributed by atoms with van der Waals surface area (Å²) in [5.41, 5.74) is 0.415. The van der Waals surface area contributed by atoms with Gasteiger partial charge in [0.15, 0.2) is 6.61 Å². The highest BCUT2D eigenvalue weighted by molar-refractivity contribution is 9.10. The van der Waals surface area contributed by atoms with E-state index in [1.807, 2.05) is 12.1 Å². The number of anilines is 1. The molecule has 4 bridgehead atoms. The number of carbonyl (C=O) groups excluding carboxylic acids is 3. The van der Waals surface area contributed by atoms with Crippen molar-refractivity contribution in [3.05, 3.63) is 28.7 Å². The van der Waals surface area contributed by atoms with Crippen LogP contribution in [0.2, 0.25) is 0 Å². The molecule has 0 spiro atoms. The number of nitrogens with one attached hydrogen (secondary N) is 2. The molecule has 0 atom stereocenters. The van der Waals surface area contributed by atoms with Gasteiger partial charge in [0.05, 0.1) is 12.1 Å². The van der Waals surface area contributed by atoms with Gasteiger partial charge in [-0.2, -0.15) is 0 Å². The van der Waals surface area contributed by atoms with E-state index in [0.29, 0.717) is 23.4 Å². The van der Waals surface area contributed by atoms with Crippen LogP contribution >= 0.6 is 15.9 Å². The molecule has 0 radical (unpaired) electrons. The van der Waals surface area contributed by atoms with E-state index in [4.69, 9.17) is 4.74 Å². The lowest BCUT2D eigenvalue weighted by molar-refractivity contribution is -0.148. The standard InChI is InChI=1S/C22H27BrN2O4/c23-17-3-1-2-4-18(17)25-19(26)13-29-20(27)5-6-24-21(28)22-10-14-7-15(11-22)9-16(8-14)12-22/h1-4,14-16H,5-13H2,(H,24,28)(H,25,26). The van der Waals surface area contributed by atoms with Crippen LogP contribution in [0.4, 0.5) is 5.69 Å². The van der Waals surface area contributed by atoms with E-state index in [9.17, 15) is 14.4 Å². The van der Waals surface area contributed by atoms with Crippen LogP contribution < -0.4 is 10.6 Å². The summed E-state index contributed by atoms with van der Waals surface area (Å²) in [4.78, 5) is 36.7. The Kier molecular flexibility index (Phi) is 5.95. The van der Waals surface area contributed by atoms with Gasteiger partial charge in [-0.05, 0) is 84.3 Å². The molecule has 156 valence electrons. The highest BCUT2D eigenvalue weighted by atomic mass is 79.9. The first-order chi connectivity index (χ1) is 13.9. The summed E-state index contributed by atoms with van der Waals surface area (Å²) in [7, 11) is 0. The highest BCUT2D eigenvalue weighted by Crippen LogP contribution is 2.60. The van der Waals surface area contributed by atoms with Crippen molar-refractivity contribution in [2.24, 2.45) is 23.2 Å². The van der Waals surface area contributed by atoms with E-state index in [1.165, 1.54) is 19.3 Å². The predicted molar refractivity (Wildman–Crippen MR) is 112 cm³/mol. The molecule has 2 amide bonds. The zero-order chi connectivity index (χ0) is 20.4. The second-order valence-electron chi connectivity index (χ2n) is 8.89. The van der Waals surface area contributed by atoms with Gasteiger partial charge in [-0.1, -0.05) is 12.1 Å². The van der Waals surface area contributed by atoms with E-state index in [0.717, 1.165) is 23.7 Å². The van der Waals surface area contributed by atoms with Crippen LogP contribution in [-0.4, -0.2) is 30.9 Å². The summed E-state index contributed by atoms with van der Waals surface area (Å²) in [6.07, 6.45) is 6.96. The van der Waals surface area contributed by atoms with Crippen molar-refractivity contribution >= 4 is 39.4 Å².